The third kappa shape index (κ3) is 4.09. The Kier molecular flexibility index (Phi) is 5.75. The minimum atomic E-state index is -0.865. The summed E-state index contributed by atoms with van der Waals surface area (Å²) in [6.07, 6.45) is 0. The summed E-state index contributed by atoms with van der Waals surface area (Å²) in [5, 5.41) is 14.0. The van der Waals surface area contributed by atoms with Crippen LogP contribution in [0.15, 0.2) is 0 Å². The van der Waals surface area contributed by atoms with Gasteiger partial charge in [-0.3, -0.25) is 14.5 Å². The summed E-state index contributed by atoms with van der Waals surface area (Å²) >= 11 is 0. The molecule has 1 heterocycles. The molecule has 1 aliphatic rings. The van der Waals surface area contributed by atoms with Gasteiger partial charge in [0.15, 0.2) is 0 Å². The van der Waals surface area contributed by atoms with Crippen LogP contribution in [0.25, 0.3) is 0 Å². The summed E-state index contributed by atoms with van der Waals surface area (Å²) in [6, 6.07) is -1.45. The van der Waals surface area contributed by atoms with Crippen LogP contribution >= 0.6 is 0 Å². The quantitative estimate of drug-likeness (QED) is 0.610. The van der Waals surface area contributed by atoms with Crippen molar-refractivity contribution in [1.82, 2.24) is 20.4 Å². The molecule has 0 bridgehead atoms. The SMILES string of the molecule is CNC(=O)C(C)NC(=O)N1CCN(C(C)C(=O)O)CC1. The fraction of sp³-hybridized carbons (Fsp3) is 0.750. The predicted molar refractivity (Wildman–Crippen MR) is 72.3 cm³/mol. The van der Waals surface area contributed by atoms with E-state index in [1.807, 2.05) is 4.90 Å². The smallest absolute Gasteiger partial charge is 0.320 e. The van der Waals surface area contributed by atoms with E-state index < -0.39 is 18.1 Å². The number of amides is 3. The standard InChI is InChI=1S/C12H22N4O4/c1-8(10(17)13-3)14-12(20)16-6-4-15(5-7-16)9(2)11(18)19/h8-9H,4-7H2,1-3H3,(H,13,17)(H,14,20)(H,18,19). The molecule has 0 radical (unpaired) electrons. The molecule has 0 saturated carbocycles. The lowest BCUT2D eigenvalue weighted by Gasteiger charge is -2.36. The highest BCUT2D eigenvalue weighted by atomic mass is 16.4. The summed E-state index contributed by atoms with van der Waals surface area (Å²) in [5.41, 5.74) is 0. The van der Waals surface area contributed by atoms with Gasteiger partial charge in [-0.1, -0.05) is 0 Å². The first-order valence-corrected chi connectivity index (χ1v) is 6.60. The van der Waals surface area contributed by atoms with Crippen molar-refractivity contribution in [3.63, 3.8) is 0 Å². The highest BCUT2D eigenvalue weighted by Gasteiger charge is 2.28. The van der Waals surface area contributed by atoms with Gasteiger partial charge < -0.3 is 20.6 Å². The third-order valence-corrected chi connectivity index (χ3v) is 3.49. The van der Waals surface area contributed by atoms with E-state index in [0.717, 1.165) is 0 Å². The number of urea groups is 1. The van der Waals surface area contributed by atoms with E-state index >= 15 is 0 Å². The molecule has 0 aromatic rings. The van der Waals surface area contributed by atoms with Gasteiger partial charge in [0, 0.05) is 33.2 Å². The van der Waals surface area contributed by atoms with E-state index in [-0.39, 0.29) is 11.9 Å². The lowest BCUT2D eigenvalue weighted by Crippen LogP contribution is -2.57. The van der Waals surface area contributed by atoms with Crippen molar-refractivity contribution in [1.29, 1.82) is 0 Å². The van der Waals surface area contributed by atoms with Crippen molar-refractivity contribution < 1.29 is 19.5 Å². The molecule has 1 saturated heterocycles. The Morgan fingerprint density at radius 2 is 1.65 bits per heavy atom. The van der Waals surface area contributed by atoms with Crippen LogP contribution in [0.4, 0.5) is 4.79 Å². The normalized spacial score (nSPS) is 19.1. The minimum absolute atomic E-state index is 0.253. The van der Waals surface area contributed by atoms with Crippen LogP contribution in [0.3, 0.4) is 0 Å². The van der Waals surface area contributed by atoms with Crippen LogP contribution in [0.2, 0.25) is 0 Å². The monoisotopic (exact) mass is 286 g/mol. The van der Waals surface area contributed by atoms with E-state index in [1.54, 1.807) is 18.7 Å². The average molecular weight is 286 g/mol. The molecule has 0 aliphatic carbocycles. The number of carboxylic acids is 1. The molecule has 1 rings (SSSR count). The Hall–Kier alpha value is -1.83. The first-order chi connectivity index (χ1) is 9.36. The van der Waals surface area contributed by atoms with E-state index in [4.69, 9.17) is 5.11 Å². The average Bonchev–Trinajstić information content (AvgIpc) is 2.45. The second kappa shape index (κ2) is 7.09. The number of piperazine rings is 1. The van der Waals surface area contributed by atoms with Crippen LogP contribution < -0.4 is 10.6 Å². The van der Waals surface area contributed by atoms with Crippen LogP contribution in [-0.2, 0) is 9.59 Å². The van der Waals surface area contributed by atoms with Gasteiger partial charge in [-0.25, -0.2) is 4.79 Å². The zero-order valence-electron chi connectivity index (χ0n) is 12.0. The first-order valence-electron chi connectivity index (χ1n) is 6.60. The maximum atomic E-state index is 11.9. The van der Waals surface area contributed by atoms with Crippen LogP contribution in [0.5, 0.6) is 0 Å². The Morgan fingerprint density at radius 1 is 1.10 bits per heavy atom. The number of hydrogen-bond donors (Lipinski definition) is 3. The Labute approximate surface area is 118 Å². The lowest BCUT2D eigenvalue weighted by molar-refractivity contribution is -0.143. The molecule has 8 heteroatoms. The number of nitrogens with zero attached hydrogens (tertiary/aromatic N) is 2. The van der Waals surface area contributed by atoms with Gasteiger partial charge >= 0.3 is 12.0 Å². The van der Waals surface area contributed by atoms with E-state index in [1.165, 1.54) is 7.05 Å². The van der Waals surface area contributed by atoms with E-state index in [0.29, 0.717) is 26.2 Å². The maximum absolute atomic E-state index is 11.9. The van der Waals surface area contributed by atoms with Crippen LogP contribution in [0.1, 0.15) is 13.8 Å². The van der Waals surface area contributed by atoms with Crippen molar-refractivity contribution in [2.24, 2.45) is 0 Å². The summed E-state index contributed by atoms with van der Waals surface area (Å²) in [6.45, 7) is 5.16. The van der Waals surface area contributed by atoms with Gasteiger partial charge in [0.25, 0.3) is 0 Å². The number of hydrogen-bond acceptors (Lipinski definition) is 4. The number of nitrogens with one attached hydrogen (secondary N) is 2. The molecule has 1 aliphatic heterocycles. The van der Waals surface area contributed by atoms with Crippen molar-refractivity contribution in [2.45, 2.75) is 25.9 Å². The molecule has 8 nitrogen and oxygen atoms in total. The van der Waals surface area contributed by atoms with Gasteiger partial charge in [-0.2, -0.15) is 0 Å². The van der Waals surface area contributed by atoms with Crippen molar-refractivity contribution in [3.8, 4) is 0 Å². The van der Waals surface area contributed by atoms with E-state index in [2.05, 4.69) is 10.6 Å². The summed E-state index contributed by atoms with van der Waals surface area (Å²) in [4.78, 5) is 37.6. The van der Waals surface area contributed by atoms with Gasteiger partial charge in [0.2, 0.25) is 5.91 Å². The molecule has 20 heavy (non-hydrogen) atoms. The zero-order valence-corrected chi connectivity index (χ0v) is 12.0. The van der Waals surface area contributed by atoms with Gasteiger partial charge in [-0.15, -0.1) is 0 Å². The van der Waals surface area contributed by atoms with E-state index in [9.17, 15) is 14.4 Å². The van der Waals surface area contributed by atoms with Gasteiger partial charge in [-0.05, 0) is 13.8 Å². The Morgan fingerprint density at radius 3 is 2.10 bits per heavy atom. The Bertz CT molecular complexity index is 380. The molecule has 0 aromatic carbocycles. The highest BCUT2D eigenvalue weighted by molar-refractivity contribution is 5.86. The number of carbonyl (C=O) groups excluding carboxylic acids is 2. The number of likely N-dealkylation sites (N-methyl/N-ethyl adjacent to an activating group) is 1. The second-order valence-corrected chi connectivity index (χ2v) is 4.82. The molecule has 2 atom stereocenters. The second-order valence-electron chi connectivity index (χ2n) is 4.82. The Balaban J connectivity index is 2.43. The number of aliphatic carboxylic acids is 1. The lowest BCUT2D eigenvalue weighted by atomic mass is 10.2. The number of rotatable bonds is 4. The minimum Gasteiger partial charge on any atom is -0.480 e. The molecule has 3 amide bonds. The molecular formula is C12H22N4O4. The molecule has 3 N–H and O–H groups in total. The fourth-order valence-electron chi connectivity index (χ4n) is 2.03. The largest absolute Gasteiger partial charge is 0.480 e. The topological polar surface area (TPSA) is 102 Å². The van der Waals surface area contributed by atoms with Gasteiger partial charge in [0.05, 0.1) is 0 Å². The molecule has 2 unspecified atom stereocenters. The van der Waals surface area contributed by atoms with Crippen molar-refractivity contribution >= 4 is 17.9 Å². The maximum Gasteiger partial charge on any atom is 0.320 e. The number of carbonyl (C=O) groups is 3. The molecule has 0 spiro atoms. The zero-order chi connectivity index (χ0) is 15.3. The number of carboxylic acid groups (broad SMARTS) is 1. The molecule has 114 valence electrons. The van der Waals surface area contributed by atoms with Gasteiger partial charge in [0.1, 0.15) is 12.1 Å². The predicted octanol–water partition coefficient (Wildman–Crippen LogP) is -1.08. The molecule has 0 aromatic heterocycles. The molecular weight excluding hydrogens is 264 g/mol. The summed E-state index contributed by atoms with van der Waals surface area (Å²) in [7, 11) is 1.51. The summed E-state index contributed by atoms with van der Waals surface area (Å²) < 4.78 is 0. The third-order valence-electron chi connectivity index (χ3n) is 3.49. The first kappa shape index (κ1) is 16.2. The fourth-order valence-corrected chi connectivity index (χ4v) is 2.03. The highest BCUT2D eigenvalue weighted by Crippen LogP contribution is 2.07. The van der Waals surface area contributed by atoms with Crippen molar-refractivity contribution in [2.75, 3.05) is 33.2 Å². The molecule has 1 fully saturated rings. The van der Waals surface area contributed by atoms with Crippen molar-refractivity contribution in [3.05, 3.63) is 0 Å². The summed E-state index contributed by atoms with van der Waals surface area (Å²) in [5.74, 6) is -1.12. The van der Waals surface area contributed by atoms with Crippen LogP contribution in [-0.4, -0.2) is 78.1 Å². The van der Waals surface area contributed by atoms with Crippen LogP contribution in [0, 0.1) is 0 Å².